The molecule has 45 heavy (non-hydrogen) atoms. The summed E-state index contributed by atoms with van der Waals surface area (Å²) in [6, 6.07) is 6.79. The first-order valence-corrected chi connectivity index (χ1v) is 15.7. The zero-order chi connectivity index (χ0) is 32.8. The number of rotatable bonds is 9. The molecule has 0 bridgehead atoms. The highest BCUT2D eigenvalue weighted by Gasteiger charge is 2.67. The van der Waals surface area contributed by atoms with E-state index in [2.05, 4.69) is 10.7 Å². The summed E-state index contributed by atoms with van der Waals surface area (Å²) in [5, 5.41) is 18.7. The van der Waals surface area contributed by atoms with Gasteiger partial charge in [0.05, 0.1) is 13.1 Å². The van der Waals surface area contributed by atoms with Crippen molar-refractivity contribution in [3.05, 3.63) is 58.6 Å². The Morgan fingerprint density at radius 2 is 1.80 bits per heavy atom. The number of esters is 1. The van der Waals surface area contributed by atoms with Crippen molar-refractivity contribution in [1.29, 1.82) is 0 Å². The largest absolute Gasteiger partial charge is 0.504 e. The molecule has 0 saturated carbocycles. The molecule has 0 aliphatic carbocycles. The molecule has 3 saturated heterocycles. The van der Waals surface area contributed by atoms with Gasteiger partial charge in [0, 0.05) is 23.2 Å². The number of primary amides is 1. The van der Waals surface area contributed by atoms with E-state index in [1.807, 2.05) is 0 Å². The summed E-state index contributed by atoms with van der Waals surface area (Å²) in [6.45, 7) is -0.712. The molecule has 2 aromatic carbocycles. The Kier molecular flexibility index (Phi) is 8.38. The summed E-state index contributed by atoms with van der Waals surface area (Å²) in [5.41, 5.74) is 7.35. The average molecular weight is 685 g/mol. The van der Waals surface area contributed by atoms with Crippen LogP contribution in [0, 0.1) is 0 Å². The van der Waals surface area contributed by atoms with Crippen LogP contribution in [0.2, 0.25) is 5.02 Å². The molecule has 6 amide bonds. The number of phenolic OH excluding ortho intramolecular Hbond substituents is 2. The minimum absolute atomic E-state index is 0.0644. The molecule has 0 aromatic heterocycles. The topological polar surface area (TPSA) is 249 Å². The van der Waals surface area contributed by atoms with Crippen molar-refractivity contribution in [3.63, 3.8) is 0 Å². The minimum Gasteiger partial charge on any atom is -0.504 e. The SMILES string of the molecule is NC(=O)NN1CCN([C@]2(C(=O)OCc3ccccc3)CN3C(=O)[C@@H](NC(=O)C(c4cc(O)c(O)cc4Cl)S(=O)(=O)O)[C@H]3S2)C1=O. The number of carbonyl (C=O) groups is 5. The van der Waals surface area contributed by atoms with Gasteiger partial charge < -0.3 is 30.9 Å². The van der Waals surface area contributed by atoms with E-state index < -0.39 is 83.6 Å². The van der Waals surface area contributed by atoms with Gasteiger partial charge in [-0.3, -0.25) is 19.0 Å². The van der Waals surface area contributed by atoms with Gasteiger partial charge in [-0.25, -0.2) is 24.8 Å². The Bertz CT molecular complexity index is 1700. The molecule has 7 N–H and O–H groups in total. The van der Waals surface area contributed by atoms with Crippen molar-refractivity contribution in [2.24, 2.45) is 5.73 Å². The molecular formula is C25H25ClN6O11S2. The highest BCUT2D eigenvalue weighted by atomic mass is 35.5. The quantitative estimate of drug-likeness (QED) is 0.0873. The summed E-state index contributed by atoms with van der Waals surface area (Å²) < 4.78 is 40.0. The van der Waals surface area contributed by atoms with E-state index in [9.17, 15) is 47.2 Å². The van der Waals surface area contributed by atoms with Gasteiger partial charge in [-0.1, -0.05) is 53.7 Å². The van der Waals surface area contributed by atoms with Crippen molar-refractivity contribution in [2.45, 2.75) is 28.1 Å². The molecule has 0 spiro atoms. The molecule has 240 valence electrons. The van der Waals surface area contributed by atoms with Crippen LogP contribution in [-0.2, 0) is 35.8 Å². The van der Waals surface area contributed by atoms with Gasteiger partial charge in [-0.15, -0.1) is 0 Å². The van der Waals surface area contributed by atoms with Gasteiger partial charge in [0.1, 0.15) is 18.0 Å². The van der Waals surface area contributed by atoms with Gasteiger partial charge in [-0.05, 0) is 11.6 Å². The second-order valence-corrected chi connectivity index (χ2v) is 13.4. The molecule has 5 rings (SSSR count). The van der Waals surface area contributed by atoms with Crippen LogP contribution < -0.4 is 16.5 Å². The number of aromatic hydroxyl groups is 2. The van der Waals surface area contributed by atoms with Crippen LogP contribution in [0.25, 0.3) is 0 Å². The Morgan fingerprint density at radius 3 is 2.44 bits per heavy atom. The molecule has 3 aliphatic rings. The Balaban J connectivity index is 1.41. The smallest absolute Gasteiger partial charge is 0.345 e. The van der Waals surface area contributed by atoms with Crippen LogP contribution in [0.3, 0.4) is 0 Å². The second-order valence-electron chi connectivity index (χ2n) is 10.1. The van der Waals surface area contributed by atoms with E-state index in [1.54, 1.807) is 30.3 Å². The number of hydrogen-bond acceptors (Lipinski definition) is 11. The van der Waals surface area contributed by atoms with Crippen LogP contribution in [-0.4, -0.2) is 104 Å². The van der Waals surface area contributed by atoms with Crippen LogP contribution in [0.5, 0.6) is 11.5 Å². The van der Waals surface area contributed by atoms with E-state index in [-0.39, 0.29) is 26.2 Å². The Hall–Kier alpha value is -4.46. The standard InChI is InChI=1S/C25H25ClN6O11S2/c26-14-9-16(34)15(33)8-13(14)18(45(40,41)42)19(35)28-17-20(36)30-11-25(44-21(17)30,22(37)43-10-12-4-2-1-3-5-12)31-6-7-32(24(31)39)29-23(27)38/h1-5,8-9,17-18,21,33-34H,6-7,10-11H2,(H,28,35)(H3,27,29,38)(H,40,41,42)/t17-,18?,21-,25-/m1/s1. The number of carbonyl (C=O) groups excluding carboxylic acids is 5. The number of halogens is 1. The number of fused-ring (bicyclic) bond motifs is 1. The number of nitrogens with zero attached hydrogens (tertiary/aromatic N) is 3. The molecule has 20 heteroatoms. The Labute approximate surface area is 263 Å². The first-order valence-electron chi connectivity index (χ1n) is 13.0. The summed E-state index contributed by atoms with van der Waals surface area (Å²) in [5.74, 6) is -4.60. The van der Waals surface area contributed by atoms with Crippen LogP contribution >= 0.6 is 23.4 Å². The number of amides is 6. The second kappa shape index (κ2) is 11.8. The van der Waals surface area contributed by atoms with Crippen molar-refractivity contribution < 1.29 is 51.9 Å². The van der Waals surface area contributed by atoms with Gasteiger partial charge in [0.25, 0.3) is 10.1 Å². The molecular weight excluding hydrogens is 660 g/mol. The third-order valence-corrected chi connectivity index (χ3v) is 10.3. The first-order chi connectivity index (χ1) is 21.1. The predicted molar refractivity (Wildman–Crippen MR) is 155 cm³/mol. The summed E-state index contributed by atoms with van der Waals surface area (Å²) in [6.07, 6.45) is 0. The lowest BCUT2D eigenvalue weighted by Crippen LogP contribution is -2.68. The maximum atomic E-state index is 13.7. The van der Waals surface area contributed by atoms with E-state index in [0.29, 0.717) is 11.6 Å². The van der Waals surface area contributed by atoms with E-state index in [4.69, 9.17) is 22.1 Å². The number of hydrogen-bond donors (Lipinski definition) is 6. The lowest BCUT2D eigenvalue weighted by atomic mass is 10.0. The lowest BCUT2D eigenvalue weighted by molar-refractivity contribution is -0.155. The summed E-state index contributed by atoms with van der Waals surface area (Å²) in [7, 11) is -5.24. The molecule has 3 fully saturated rings. The van der Waals surface area contributed by atoms with Crippen molar-refractivity contribution >= 4 is 63.3 Å². The normalized spacial score (nSPS) is 23.3. The van der Waals surface area contributed by atoms with E-state index in [0.717, 1.165) is 27.7 Å². The molecule has 17 nitrogen and oxygen atoms in total. The Morgan fingerprint density at radius 1 is 1.13 bits per heavy atom. The number of hydrazine groups is 1. The number of phenols is 2. The third kappa shape index (κ3) is 5.86. The molecule has 3 aliphatic heterocycles. The number of β-lactam (4-membered cyclic amide) rings is 1. The fourth-order valence-electron chi connectivity index (χ4n) is 5.18. The van der Waals surface area contributed by atoms with Crippen molar-refractivity contribution in [1.82, 2.24) is 25.6 Å². The highest BCUT2D eigenvalue weighted by molar-refractivity contribution is 8.02. The number of nitrogens with one attached hydrogen (secondary N) is 2. The lowest BCUT2D eigenvalue weighted by Gasteiger charge is -2.41. The van der Waals surface area contributed by atoms with Crippen molar-refractivity contribution in [3.8, 4) is 11.5 Å². The van der Waals surface area contributed by atoms with Crippen molar-refractivity contribution in [2.75, 3.05) is 19.6 Å². The number of nitrogens with two attached hydrogens (primary N) is 1. The highest BCUT2D eigenvalue weighted by Crippen LogP contribution is 2.50. The first kappa shape index (κ1) is 31.9. The number of ether oxygens (including phenoxy) is 1. The van der Waals surface area contributed by atoms with Gasteiger partial charge >= 0.3 is 18.0 Å². The zero-order valence-corrected chi connectivity index (χ0v) is 25.2. The van der Waals surface area contributed by atoms with Gasteiger partial charge in [0.15, 0.2) is 16.7 Å². The fraction of sp³-hybridized carbons (Fsp3) is 0.320. The molecule has 1 unspecified atom stereocenters. The number of benzene rings is 2. The molecule has 2 aromatic rings. The van der Waals surface area contributed by atoms with E-state index >= 15 is 0 Å². The average Bonchev–Trinajstić information content (AvgIpc) is 3.52. The zero-order valence-electron chi connectivity index (χ0n) is 22.8. The third-order valence-electron chi connectivity index (χ3n) is 7.27. The predicted octanol–water partition coefficient (Wildman–Crippen LogP) is -0.159. The molecule has 3 heterocycles. The van der Waals surface area contributed by atoms with Gasteiger partial charge in [-0.2, -0.15) is 8.42 Å². The van der Waals surface area contributed by atoms with Crippen LogP contribution in [0.1, 0.15) is 16.4 Å². The van der Waals surface area contributed by atoms with Gasteiger partial charge in [0.2, 0.25) is 16.7 Å². The molecule has 4 atom stereocenters. The monoisotopic (exact) mass is 684 g/mol. The number of thioether (sulfide) groups is 1. The summed E-state index contributed by atoms with van der Waals surface area (Å²) in [4.78, 5) is 65.2. The van der Waals surface area contributed by atoms with Crippen LogP contribution in [0.4, 0.5) is 9.59 Å². The maximum absolute atomic E-state index is 13.7. The molecule has 0 radical (unpaired) electrons. The van der Waals surface area contributed by atoms with E-state index in [1.165, 1.54) is 4.90 Å². The minimum atomic E-state index is -5.24. The maximum Gasteiger partial charge on any atom is 0.345 e. The fourth-order valence-corrected chi connectivity index (χ4v) is 8.05. The summed E-state index contributed by atoms with van der Waals surface area (Å²) >= 11 is 6.78. The number of urea groups is 2. The van der Waals surface area contributed by atoms with Crippen LogP contribution in [0.15, 0.2) is 42.5 Å².